The Morgan fingerprint density at radius 2 is 2.15 bits per heavy atom. The summed E-state index contributed by atoms with van der Waals surface area (Å²) in [6.07, 6.45) is 2.35. The minimum absolute atomic E-state index is 0.124. The summed E-state index contributed by atoms with van der Waals surface area (Å²) < 4.78 is 4.80. The number of rotatable bonds is 6. The summed E-state index contributed by atoms with van der Waals surface area (Å²) in [5, 5.41) is 16.8. The summed E-state index contributed by atoms with van der Waals surface area (Å²) in [6, 6.07) is -1.55. The van der Waals surface area contributed by atoms with Gasteiger partial charge >= 0.3 is 5.97 Å². The van der Waals surface area contributed by atoms with Crippen molar-refractivity contribution < 1.29 is 19.7 Å². The van der Waals surface area contributed by atoms with E-state index in [4.69, 9.17) is 26.4 Å². The smallest absolute Gasteiger partial charge is 0.324 e. The fourth-order valence-electron chi connectivity index (χ4n) is 0.454. The highest BCUT2D eigenvalue weighted by molar-refractivity contribution is 5.75. The fraction of sp³-hybridized carbons (Fsp3) is 0.571. The van der Waals surface area contributed by atoms with E-state index < -0.39 is 18.1 Å². The van der Waals surface area contributed by atoms with Crippen molar-refractivity contribution in [2.45, 2.75) is 12.1 Å². The van der Waals surface area contributed by atoms with Crippen LogP contribution < -0.4 is 11.5 Å². The Balaban J connectivity index is 3.57. The van der Waals surface area contributed by atoms with E-state index in [-0.39, 0.29) is 13.2 Å². The Bertz CT molecular complexity index is 183. The van der Waals surface area contributed by atoms with Crippen molar-refractivity contribution in [1.29, 1.82) is 0 Å². The Hall–Kier alpha value is -1.11. The topological polar surface area (TPSA) is 119 Å². The lowest BCUT2D eigenvalue weighted by Gasteiger charge is -2.06. The molecule has 0 aromatic rings. The predicted molar refractivity (Wildman–Crippen MR) is 45.8 cm³/mol. The molecule has 0 aliphatic carbocycles. The van der Waals surface area contributed by atoms with Crippen LogP contribution in [0.3, 0.4) is 0 Å². The van der Waals surface area contributed by atoms with Crippen molar-refractivity contribution in [1.82, 2.24) is 0 Å². The molecule has 76 valence electrons. The largest absolute Gasteiger partial charge is 0.500 e. The molecule has 0 amide bonds. The first kappa shape index (κ1) is 11.9. The Labute approximate surface area is 75.8 Å². The third-order valence-corrected chi connectivity index (χ3v) is 1.21. The molecule has 0 rings (SSSR count). The molecular weight excluding hydrogens is 176 g/mol. The molecule has 13 heavy (non-hydrogen) atoms. The number of nitrogens with two attached hydrogens (primary N) is 2. The van der Waals surface area contributed by atoms with Crippen molar-refractivity contribution >= 4 is 5.97 Å². The van der Waals surface area contributed by atoms with Crippen LogP contribution in [0, 0.1) is 0 Å². The maximum Gasteiger partial charge on any atom is 0.324 e. The van der Waals surface area contributed by atoms with Gasteiger partial charge in [0.25, 0.3) is 0 Å². The molecule has 0 aliphatic heterocycles. The number of carboxylic acids is 1. The molecule has 0 saturated carbocycles. The van der Waals surface area contributed by atoms with Gasteiger partial charge in [0.15, 0.2) is 0 Å². The second-order valence-electron chi connectivity index (χ2n) is 2.47. The zero-order chi connectivity index (χ0) is 10.3. The summed E-state index contributed by atoms with van der Waals surface area (Å²) >= 11 is 0. The molecule has 6 nitrogen and oxygen atoms in total. The number of carbonyl (C=O) groups is 1. The molecule has 0 aromatic heterocycles. The molecule has 6 heteroatoms. The first-order chi connectivity index (χ1) is 6.07. The molecule has 0 saturated heterocycles. The fourth-order valence-corrected chi connectivity index (χ4v) is 0.454. The predicted octanol–water partition coefficient (Wildman–Crippen LogP) is -1.75. The van der Waals surface area contributed by atoms with Crippen LogP contribution in [0.1, 0.15) is 0 Å². The quantitative estimate of drug-likeness (QED) is 0.369. The lowest BCUT2D eigenvalue weighted by atomic mass is 10.3. The van der Waals surface area contributed by atoms with Gasteiger partial charge in [-0.25, -0.2) is 0 Å². The number of aliphatic hydroxyl groups is 1. The molecule has 6 N–H and O–H groups in total. The standard InChI is InChI=1S/C7H14N2O4/c8-5(3-10)4-13-2-1-6(9)7(11)12/h1-2,5-6,10H,3-4,8-9H2,(H,11,12)/b2-1+/t5?,6-/m0/s1. The van der Waals surface area contributed by atoms with Gasteiger partial charge in [-0.15, -0.1) is 0 Å². The van der Waals surface area contributed by atoms with Crippen molar-refractivity contribution in [3.8, 4) is 0 Å². The van der Waals surface area contributed by atoms with Crippen LogP contribution >= 0.6 is 0 Å². The highest BCUT2D eigenvalue weighted by Crippen LogP contribution is 1.86. The summed E-state index contributed by atoms with van der Waals surface area (Å²) in [5.74, 6) is -1.13. The second kappa shape index (κ2) is 6.41. The third-order valence-electron chi connectivity index (χ3n) is 1.21. The molecule has 0 aromatic carbocycles. The van der Waals surface area contributed by atoms with Gasteiger partial charge in [-0.3, -0.25) is 4.79 Å². The Kier molecular flexibility index (Phi) is 5.86. The van der Waals surface area contributed by atoms with E-state index in [1.54, 1.807) is 0 Å². The molecule has 1 unspecified atom stereocenters. The molecule has 0 spiro atoms. The molecule has 0 bridgehead atoms. The van der Waals surface area contributed by atoms with Crippen molar-refractivity contribution in [2.24, 2.45) is 11.5 Å². The van der Waals surface area contributed by atoms with E-state index in [0.717, 1.165) is 6.26 Å². The van der Waals surface area contributed by atoms with Crippen LogP contribution in [-0.4, -0.2) is 41.5 Å². The number of hydrogen-bond donors (Lipinski definition) is 4. The number of hydrogen-bond acceptors (Lipinski definition) is 5. The number of aliphatic hydroxyl groups excluding tert-OH is 1. The minimum Gasteiger partial charge on any atom is -0.500 e. The van der Waals surface area contributed by atoms with Gasteiger partial charge in [0, 0.05) is 0 Å². The van der Waals surface area contributed by atoms with Gasteiger partial charge in [-0.2, -0.15) is 0 Å². The van der Waals surface area contributed by atoms with Crippen LogP contribution in [0.2, 0.25) is 0 Å². The van der Waals surface area contributed by atoms with Crippen molar-refractivity contribution in [3.63, 3.8) is 0 Å². The highest BCUT2D eigenvalue weighted by Gasteiger charge is 2.05. The zero-order valence-corrected chi connectivity index (χ0v) is 7.09. The Morgan fingerprint density at radius 1 is 1.54 bits per heavy atom. The summed E-state index contributed by atoms with van der Waals surface area (Å²) in [7, 11) is 0. The van der Waals surface area contributed by atoms with E-state index in [2.05, 4.69) is 0 Å². The van der Waals surface area contributed by atoms with Crippen LogP contribution in [0.4, 0.5) is 0 Å². The lowest BCUT2D eigenvalue weighted by molar-refractivity contribution is -0.137. The molecular formula is C7H14N2O4. The zero-order valence-electron chi connectivity index (χ0n) is 7.09. The first-order valence-electron chi connectivity index (χ1n) is 3.71. The van der Waals surface area contributed by atoms with Crippen molar-refractivity contribution in [2.75, 3.05) is 13.2 Å². The highest BCUT2D eigenvalue weighted by atomic mass is 16.5. The SMILES string of the molecule is NC(CO)CO/C=C/[C@H](N)C(=O)O. The van der Waals surface area contributed by atoms with E-state index >= 15 is 0 Å². The summed E-state index contributed by atoms with van der Waals surface area (Å²) in [5.41, 5.74) is 10.4. The number of aliphatic carboxylic acids is 1. The van der Waals surface area contributed by atoms with E-state index in [9.17, 15) is 4.79 Å². The van der Waals surface area contributed by atoms with E-state index in [0.29, 0.717) is 0 Å². The van der Waals surface area contributed by atoms with E-state index in [1.807, 2.05) is 0 Å². The number of carboxylic acid groups (broad SMARTS) is 1. The lowest BCUT2D eigenvalue weighted by Crippen LogP contribution is -2.30. The monoisotopic (exact) mass is 190 g/mol. The normalized spacial score (nSPS) is 15.6. The van der Waals surface area contributed by atoms with Gasteiger partial charge in [-0.1, -0.05) is 0 Å². The molecule has 2 atom stereocenters. The van der Waals surface area contributed by atoms with Crippen LogP contribution in [0.25, 0.3) is 0 Å². The van der Waals surface area contributed by atoms with E-state index in [1.165, 1.54) is 6.08 Å². The summed E-state index contributed by atoms with van der Waals surface area (Å²) in [6.45, 7) is -0.0574. The van der Waals surface area contributed by atoms with Gasteiger partial charge < -0.3 is 26.4 Å². The van der Waals surface area contributed by atoms with Crippen LogP contribution in [0.5, 0.6) is 0 Å². The Morgan fingerprint density at radius 3 is 2.62 bits per heavy atom. The maximum atomic E-state index is 10.2. The minimum atomic E-state index is -1.13. The van der Waals surface area contributed by atoms with Crippen LogP contribution in [-0.2, 0) is 9.53 Å². The van der Waals surface area contributed by atoms with Crippen LogP contribution in [0.15, 0.2) is 12.3 Å². The molecule has 0 aliphatic rings. The van der Waals surface area contributed by atoms with Gasteiger partial charge in [0.05, 0.1) is 18.9 Å². The molecule has 0 heterocycles. The van der Waals surface area contributed by atoms with Gasteiger partial charge in [0.2, 0.25) is 0 Å². The second-order valence-corrected chi connectivity index (χ2v) is 2.47. The van der Waals surface area contributed by atoms with Crippen molar-refractivity contribution in [3.05, 3.63) is 12.3 Å². The number of ether oxygens (including phenoxy) is 1. The molecule has 0 radical (unpaired) electrons. The maximum absolute atomic E-state index is 10.2. The average molecular weight is 190 g/mol. The summed E-state index contributed by atoms with van der Waals surface area (Å²) in [4.78, 5) is 10.2. The van der Waals surface area contributed by atoms with Gasteiger partial charge in [-0.05, 0) is 6.08 Å². The first-order valence-corrected chi connectivity index (χ1v) is 3.71. The third kappa shape index (κ3) is 6.09. The van der Waals surface area contributed by atoms with Gasteiger partial charge in [0.1, 0.15) is 12.6 Å². The average Bonchev–Trinajstić information content (AvgIpc) is 2.11. The molecule has 0 fully saturated rings.